The summed E-state index contributed by atoms with van der Waals surface area (Å²) in [6.07, 6.45) is 6.49. The number of hydrogen-bond acceptors (Lipinski definition) is 5. The fraction of sp³-hybridized carbons (Fsp3) is 0.474. The van der Waals surface area contributed by atoms with E-state index < -0.39 is 0 Å². The molecule has 0 spiro atoms. The number of nitrogens with zero attached hydrogens (tertiary/aromatic N) is 2. The van der Waals surface area contributed by atoms with E-state index in [1.165, 1.54) is 19.3 Å². The molecule has 6 heteroatoms. The fourth-order valence-electron chi connectivity index (χ4n) is 3.12. The maximum absolute atomic E-state index is 12.1. The largest absolute Gasteiger partial charge is 0.353 e. The Hall–Kier alpha value is -2.50. The van der Waals surface area contributed by atoms with Crippen LogP contribution in [-0.2, 0) is 17.6 Å². The highest BCUT2D eigenvalue weighted by Crippen LogP contribution is 2.17. The Morgan fingerprint density at radius 1 is 1.12 bits per heavy atom. The van der Waals surface area contributed by atoms with Crippen LogP contribution in [0.25, 0.3) is 0 Å². The first-order chi connectivity index (χ1) is 12.2. The molecule has 1 aromatic heterocycles. The molecule has 1 amide bonds. The van der Waals surface area contributed by atoms with Crippen molar-refractivity contribution in [1.29, 1.82) is 0 Å². The van der Waals surface area contributed by atoms with E-state index in [0.717, 1.165) is 12.8 Å². The van der Waals surface area contributed by atoms with Gasteiger partial charge in [-0.3, -0.25) is 9.59 Å². The molecule has 25 heavy (non-hydrogen) atoms. The minimum absolute atomic E-state index is 0.0374. The second kappa shape index (κ2) is 8.55. The number of amides is 1. The molecule has 1 fully saturated rings. The molecule has 2 aromatic rings. The molecular formula is C19H23N3O3. The fourth-order valence-corrected chi connectivity index (χ4v) is 3.12. The summed E-state index contributed by atoms with van der Waals surface area (Å²) in [6, 6.07) is 9.40. The molecule has 1 aromatic carbocycles. The van der Waals surface area contributed by atoms with Crippen molar-refractivity contribution in [3.8, 4) is 0 Å². The van der Waals surface area contributed by atoms with Crippen molar-refractivity contribution < 1.29 is 14.1 Å². The third-order valence-corrected chi connectivity index (χ3v) is 4.46. The van der Waals surface area contributed by atoms with Crippen LogP contribution in [0.2, 0.25) is 0 Å². The number of hydrogen-bond donors (Lipinski definition) is 1. The lowest BCUT2D eigenvalue weighted by molar-refractivity contribution is -0.121. The van der Waals surface area contributed by atoms with Crippen molar-refractivity contribution >= 4 is 11.7 Å². The minimum Gasteiger partial charge on any atom is -0.353 e. The Morgan fingerprint density at radius 2 is 1.88 bits per heavy atom. The van der Waals surface area contributed by atoms with Gasteiger partial charge >= 0.3 is 0 Å². The van der Waals surface area contributed by atoms with Gasteiger partial charge in [0.25, 0.3) is 0 Å². The van der Waals surface area contributed by atoms with E-state index in [4.69, 9.17) is 4.52 Å². The van der Waals surface area contributed by atoms with E-state index in [9.17, 15) is 9.59 Å². The highest BCUT2D eigenvalue weighted by Gasteiger charge is 2.18. The molecule has 6 nitrogen and oxygen atoms in total. The number of aromatic nitrogens is 2. The lowest BCUT2D eigenvalue weighted by Crippen LogP contribution is -2.37. The molecule has 0 saturated heterocycles. The van der Waals surface area contributed by atoms with E-state index in [1.54, 1.807) is 12.1 Å². The van der Waals surface area contributed by atoms with E-state index in [1.807, 2.05) is 18.2 Å². The Kier molecular flexibility index (Phi) is 5.93. The van der Waals surface area contributed by atoms with Crippen LogP contribution in [0.15, 0.2) is 34.9 Å². The van der Waals surface area contributed by atoms with Crippen LogP contribution in [0.5, 0.6) is 0 Å². The van der Waals surface area contributed by atoms with Crippen LogP contribution in [0, 0.1) is 0 Å². The lowest BCUT2D eigenvalue weighted by Gasteiger charge is -2.22. The third kappa shape index (κ3) is 5.24. The quantitative estimate of drug-likeness (QED) is 0.783. The Labute approximate surface area is 147 Å². The van der Waals surface area contributed by atoms with Crippen LogP contribution < -0.4 is 5.32 Å². The normalized spacial score (nSPS) is 15.0. The molecule has 1 aliphatic rings. The van der Waals surface area contributed by atoms with E-state index in [0.29, 0.717) is 30.1 Å². The van der Waals surface area contributed by atoms with Crippen molar-refractivity contribution in [2.24, 2.45) is 0 Å². The average Bonchev–Trinajstić information content (AvgIpc) is 3.08. The molecule has 1 saturated carbocycles. The molecule has 0 atom stereocenters. The number of ketones is 1. The summed E-state index contributed by atoms with van der Waals surface area (Å²) in [7, 11) is 0. The second-order valence-corrected chi connectivity index (χ2v) is 6.47. The van der Waals surface area contributed by atoms with Gasteiger partial charge in [0.15, 0.2) is 11.6 Å². The second-order valence-electron chi connectivity index (χ2n) is 6.47. The smallest absolute Gasteiger partial charge is 0.228 e. The summed E-state index contributed by atoms with van der Waals surface area (Å²) in [5.41, 5.74) is 0.675. The molecule has 0 bridgehead atoms. The Balaban J connectivity index is 1.45. The van der Waals surface area contributed by atoms with Gasteiger partial charge in [-0.1, -0.05) is 54.8 Å². The first-order valence-corrected chi connectivity index (χ1v) is 8.90. The lowest BCUT2D eigenvalue weighted by atomic mass is 9.95. The molecule has 0 unspecified atom stereocenters. The molecule has 0 aliphatic heterocycles. The Bertz CT molecular complexity index is 706. The Morgan fingerprint density at radius 3 is 2.64 bits per heavy atom. The van der Waals surface area contributed by atoms with Crippen molar-refractivity contribution in [2.75, 3.05) is 0 Å². The third-order valence-electron chi connectivity index (χ3n) is 4.46. The number of carbonyl (C=O) groups excluding carboxylic acids is 2. The average molecular weight is 341 g/mol. The number of rotatable bonds is 7. The molecule has 132 valence electrons. The number of Topliss-reactive ketones (excluding diaryl/α,β-unsaturated/α-hetero) is 1. The number of benzene rings is 1. The first-order valence-electron chi connectivity index (χ1n) is 8.90. The zero-order valence-corrected chi connectivity index (χ0v) is 14.2. The summed E-state index contributed by atoms with van der Waals surface area (Å²) in [5.74, 6) is 0.732. The SMILES string of the molecule is O=C(Cc1noc(CCC(=O)c2ccccc2)n1)NC1CCCCC1. The molecular weight excluding hydrogens is 318 g/mol. The molecule has 1 N–H and O–H groups in total. The van der Waals surface area contributed by atoms with Crippen LogP contribution in [0.3, 0.4) is 0 Å². The van der Waals surface area contributed by atoms with E-state index in [2.05, 4.69) is 15.5 Å². The maximum atomic E-state index is 12.1. The summed E-state index contributed by atoms with van der Waals surface area (Å²) >= 11 is 0. The van der Waals surface area contributed by atoms with Gasteiger partial charge in [0, 0.05) is 24.4 Å². The highest BCUT2D eigenvalue weighted by molar-refractivity contribution is 5.96. The van der Waals surface area contributed by atoms with Crippen LogP contribution in [-0.4, -0.2) is 27.9 Å². The van der Waals surface area contributed by atoms with E-state index in [-0.39, 0.29) is 24.2 Å². The number of carbonyl (C=O) groups is 2. The van der Waals surface area contributed by atoms with Gasteiger partial charge in [-0.15, -0.1) is 0 Å². The van der Waals surface area contributed by atoms with Gasteiger partial charge in [-0.2, -0.15) is 4.98 Å². The predicted octanol–water partition coefficient (Wildman–Crippen LogP) is 2.88. The maximum Gasteiger partial charge on any atom is 0.228 e. The molecule has 1 aliphatic carbocycles. The van der Waals surface area contributed by atoms with Gasteiger partial charge in [-0.25, -0.2) is 0 Å². The monoisotopic (exact) mass is 341 g/mol. The summed E-state index contributed by atoms with van der Waals surface area (Å²) in [5, 5.41) is 6.88. The zero-order chi connectivity index (χ0) is 17.5. The zero-order valence-electron chi connectivity index (χ0n) is 14.2. The van der Waals surface area contributed by atoms with Crippen LogP contribution in [0.1, 0.15) is 60.6 Å². The molecule has 3 rings (SSSR count). The summed E-state index contributed by atoms with van der Waals surface area (Å²) < 4.78 is 5.15. The van der Waals surface area contributed by atoms with Crippen molar-refractivity contribution in [3.63, 3.8) is 0 Å². The van der Waals surface area contributed by atoms with Crippen molar-refractivity contribution in [1.82, 2.24) is 15.5 Å². The summed E-state index contributed by atoms with van der Waals surface area (Å²) in [6.45, 7) is 0. The predicted molar refractivity (Wildman–Crippen MR) is 92.1 cm³/mol. The van der Waals surface area contributed by atoms with Crippen molar-refractivity contribution in [2.45, 2.75) is 57.4 Å². The van der Waals surface area contributed by atoms with Gasteiger partial charge in [-0.05, 0) is 12.8 Å². The van der Waals surface area contributed by atoms with Gasteiger partial charge in [0.05, 0.1) is 6.42 Å². The highest BCUT2D eigenvalue weighted by atomic mass is 16.5. The van der Waals surface area contributed by atoms with E-state index >= 15 is 0 Å². The topological polar surface area (TPSA) is 85.1 Å². The summed E-state index contributed by atoms with van der Waals surface area (Å²) in [4.78, 5) is 28.3. The first kappa shape index (κ1) is 17.3. The van der Waals surface area contributed by atoms with Gasteiger partial charge < -0.3 is 9.84 Å². The van der Waals surface area contributed by atoms with Gasteiger partial charge in [0.2, 0.25) is 11.8 Å². The molecule has 1 heterocycles. The number of aryl methyl sites for hydroxylation is 1. The number of nitrogens with one attached hydrogen (secondary N) is 1. The van der Waals surface area contributed by atoms with Gasteiger partial charge in [0.1, 0.15) is 0 Å². The van der Waals surface area contributed by atoms with Crippen LogP contribution in [0.4, 0.5) is 0 Å². The molecule has 0 radical (unpaired) electrons. The standard InChI is InChI=1S/C19H23N3O3/c23-16(14-7-3-1-4-8-14)11-12-19-21-17(22-25-19)13-18(24)20-15-9-5-2-6-10-15/h1,3-4,7-8,15H,2,5-6,9-13H2,(H,20,24). The van der Waals surface area contributed by atoms with Crippen molar-refractivity contribution in [3.05, 3.63) is 47.6 Å². The van der Waals surface area contributed by atoms with Crippen LogP contribution >= 0.6 is 0 Å². The minimum atomic E-state index is -0.0698.